The monoisotopic (exact) mass is 432 g/mol. The molecule has 6 heteroatoms. The van der Waals surface area contributed by atoms with Crippen molar-refractivity contribution in [1.82, 2.24) is 4.98 Å². The van der Waals surface area contributed by atoms with Crippen molar-refractivity contribution in [2.45, 2.75) is 20.4 Å². The molecule has 0 atom stereocenters. The van der Waals surface area contributed by atoms with E-state index in [1.54, 1.807) is 24.1 Å². The largest absolute Gasteiger partial charge is 0.493 e. The molecule has 1 amide bonds. The lowest BCUT2D eigenvalue weighted by Gasteiger charge is -2.20. The van der Waals surface area contributed by atoms with Crippen molar-refractivity contribution in [3.05, 3.63) is 83.4 Å². The minimum absolute atomic E-state index is 0.110. The van der Waals surface area contributed by atoms with Crippen molar-refractivity contribution < 1.29 is 14.3 Å². The molecule has 1 aromatic heterocycles. The number of thiazole rings is 1. The molecule has 0 unspecified atom stereocenters. The van der Waals surface area contributed by atoms with Crippen LogP contribution in [0.15, 0.2) is 66.7 Å². The molecule has 0 N–H and O–H groups in total. The van der Waals surface area contributed by atoms with Crippen LogP contribution in [0.5, 0.6) is 11.5 Å². The standard InChI is InChI=1S/C25H24N2O3S/c1-17-13-14-22-24(18(17)2)26-25(31-22)27(15-19-9-5-4-6-10-19)23(28)16-30-21-12-8-7-11-20(21)29-3/h4-14H,15-16H2,1-3H3. The van der Waals surface area contributed by atoms with Crippen LogP contribution in [0.2, 0.25) is 0 Å². The number of nitrogens with zero attached hydrogens (tertiary/aromatic N) is 2. The second kappa shape index (κ2) is 9.18. The molecule has 0 radical (unpaired) electrons. The molecule has 158 valence electrons. The topological polar surface area (TPSA) is 51.7 Å². The molecule has 0 aliphatic carbocycles. The van der Waals surface area contributed by atoms with E-state index in [1.165, 1.54) is 16.9 Å². The number of para-hydroxylation sites is 2. The van der Waals surface area contributed by atoms with Crippen molar-refractivity contribution in [2.75, 3.05) is 18.6 Å². The maximum absolute atomic E-state index is 13.3. The molecule has 0 saturated carbocycles. The molecule has 0 fully saturated rings. The van der Waals surface area contributed by atoms with Gasteiger partial charge in [0.1, 0.15) is 0 Å². The van der Waals surface area contributed by atoms with E-state index in [9.17, 15) is 4.79 Å². The van der Waals surface area contributed by atoms with E-state index >= 15 is 0 Å². The Hall–Kier alpha value is -3.38. The Bertz CT molecular complexity index is 1200. The van der Waals surface area contributed by atoms with Crippen LogP contribution < -0.4 is 14.4 Å². The number of aromatic nitrogens is 1. The highest BCUT2D eigenvalue weighted by atomic mass is 32.1. The van der Waals surface area contributed by atoms with Crippen molar-refractivity contribution >= 4 is 32.6 Å². The summed E-state index contributed by atoms with van der Waals surface area (Å²) in [5.41, 5.74) is 4.29. The van der Waals surface area contributed by atoms with Gasteiger partial charge in [-0.25, -0.2) is 4.98 Å². The predicted octanol–water partition coefficient (Wildman–Crippen LogP) is 5.53. The first-order chi connectivity index (χ1) is 15.1. The number of amides is 1. The minimum Gasteiger partial charge on any atom is -0.493 e. The van der Waals surface area contributed by atoms with Crippen LogP contribution in [-0.2, 0) is 11.3 Å². The molecule has 1 heterocycles. The van der Waals surface area contributed by atoms with Gasteiger partial charge in [0.25, 0.3) is 5.91 Å². The molecule has 5 nitrogen and oxygen atoms in total. The van der Waals surface area contributed by atoms with Crippen molar-refractivity contribution in [1.29, 1.82) is 0 Å². The van der Waals surface area contributed by atoms with Crippen LogP contribution in [0, 0.1) is 13.8 Å². The van der Waals surface area contributed by atoms with E-state index < -0.39 is 0 Å². The minimum atomic E-state index is -0.164. The summed E-state index contributed by atoms with van der Waals surface area (Å²) in [5, 5.41) is 0.668. The number of rotatable bonds is 7. The van der Waals surface area contributed by atoms with Gasteiger partial charge in [-0.1, -0.05) is 59.9 Å². The van der Waals surface area contributed by atoms with Gasteiger partial charge in [0, 0.05) is 0 Å². The van der Waals surface area contributed by atoms with E-state index in [1.807, 2.05) is 42.5 Å². The van der Waals surface area contributed by atoms with Gasteiger partial charge in [0.2, 0.25) is 0 Å². The van der Waals surface area contributed by atoms with Gasteiger partial charge < -0.3 is 9.47 Å². The third kappa shape index (κ3) is 4.54. The average molecular weight is 433 g/mol. The quantitative estimate of drug-likeness (QED) is 0.385. The number of carbonyl (C=O) groups excluding carboxylic acids is 1. The number of fused-ring (bicyclic) bond motifs is 1. The fraction of sp³-hybridized carbons (Fsp3) is 0.200. The average Bonchev–Trinajstić information content (AvgIpc) is 3.24. The van der Waals surface area contributed by atoms with Crippen molar-refractivity contribution in [3.8, 4) is 11.5 Å². The maximum atomic E-state index is 13.3. The fourth-order valence-corrected chi connectivity index (χ4v) is 4.36. The second-order valence-corrected chi connectivity index (χ2v) is 8.26. The summed E-state index contributed by atoms with van der Waals surface area (Å²) in [4.78, 5) is 19.8. The van der Waals surface area contributed by atoms with Gasteiger partial charge in [-0.15, -0.1) is 0 Å². The molecule has 0 aliphatic heterocycles. The van der Waals surface area contributed by atoms with Crippen LogP contribution in [0.4, 0.5) is 5.13 Å². The fourth-order valence-electron chi connectivity index (χ4n) is 3.31. The zero-order valence-electron chi connectivity index (χ0n) is 17.8. The third-order valence-electron chi connectivity index (χ3n) is 5.21. The number of hydrogen-bond acceptors (Lipinski definition) is 5. The van der Waals surface area contributed by atoms with Gasteiger partial charge in [-0.05, 0) is 48.7 Å². The van der Waals surface area contributed by atoms with Crippen LogP contribution >= 0.6 is 11.3 Å². The Balaban J connectivity index is 1.64. The smallest absolute Gasteiger partial charge is 0.267 e. The number of ether oxygens (including phenoxy) is 2. The summed E-state index contributed by atoms with van der Waals surface area (Å²) >= 11 is 1.52. The highest BCUT2D eigenvalue weighted by Crippen LogP contribution is 2.33. The summed E-state index contributed by atoms with van der Waals surface area (Å²) in [6.45, 7) is 4.45. The zero-order chi connectivity index (χ0) is 21.8. The molecular weight excluding hydrogens is 408 g/mol. The van der Waals surface area contributed by atoms with E-state index in [4.69, 9.17) is 14.5 Å². The van der Waals surface area contributed by atoms with E-state index in [-0.39, 0.29) is 12.5 Å². The Morgan fingerprint density at radius 3 is 2.42 bits per heavy atom. The van der Waals surface area contributed by atoms with Crippen LogP contribution in [0.1, 0.15) is 16.7 Å². The maximum Gasteiger partial charge on any atom is 0.267 e. The summed E-state index contributed by atoms with van der Waals surface area (Å²) < 4.78 is 12.2. The van der Waals surface area contributed by atoms with Crippen molar-refractivity contribution in [2.24, 2.45) is 0 Å². The Labute approximate surface area is 185 Å². The highest BCUT2D eigenvalue weighted by Gasteiger charge is 2.22. The van der Waals surface area contributed by atoms with Gasteiger partial charge >= 0.3 is 0 Å². The Kier molecular flexibility index (Phi) is 6.18. The summed E-state index contributed by atoms with van der Waals surface area (Å²) in [6.07, 6.45) is 0. The van der Waals surface area contributed by atoms with Crippen LogP contribution in [0.25, 0.3) is 10.2 Å². The number of aryl methyl sites for hydroxylation is 2. The first kappa shape index (κ1) is 20.9. The van der Waals surface area contributed by atoms with Gasteiger partial charge in [-0.2, -0.15) is 0 Å². The lowest BCUT2D eigenvalue weighted by Crippen LogP contribution is -2.34. The number of benzene rings is 3. The van der Waals surface area contributed by atoms with E-state index in [0.29, 0.717) is 23.2 Å². The third-order valence-corrected chi connectivity index (χ3v) is 6.25. The van der Waals surface area contributed by atoms with Crippen LogP contribution in [-0.4, -0.2) is 24.6 Å². The SMILES string of the molecule is COc1ccccc1OCC(=O)N(Cc1ccccc1)c1nc2c(C)c(C)ccc2s1. The van der Waals surface area contributed by atoms with Gasteiger partial charge in [0.15, 0.2) is 23.2 Å². The number of carbonyl (C=O) groups is 1. The molecule has 0 aliphatic rings. The molecular formula is C25H24N2O3S. The molecule has 31 heavy (non-hydrogen) atoms. The van der Waals surface area contributed by atoms with Crippen LogP contribution in [0.3, 0.4) is 0 Å². The summed E-state index contributed by atoms with van der Waals surface area (Å²) in [7, 11) is 1.58. The molecule has 4 rings (SSSR count). The Morgan fingerprint density at radius 2 is 1.68 bits per heavy atom. The lowest BCUT2D eigenvalue weighted by molar-refractivity contribution is -0.120. The number of anilines is 1. The normalized spacial score (nSPS) is 10.8. The first-order valence-electron chi connectivity index (χ1n) is 10.0. The molecule has 0 saturated heterocycles. The number of methoxy groups -OCH3 is 1. The summed E-state index contributed by atoms with van der Waals surface area (Å²) in [6, 6.07) is 21.4. The predicted molar refractivity (Wildman–Crippen MR) is 125 cm³/mol. The van der Waals surface area contributed by atoms with E-state index in [0.717, 1.165) is 21.3 Å². The number of hydrogen-bond donors (Lipinski definition) is 0. The van der Waals surface area contributed by atoms with Crippen molar-refractivity contribution in [3.63, 3.8) is 0 Å². The first-order valence-corrected chi connectivity index (χ1v) is 10.9. The summed E-state index contributed by atoms with van der Waals surface area (Å²) in [5.74, 6) is 0.966. The van der Waals surface area contributed by atoms with Gasteiger partial charge in [0.05, 0.1) is 23.9 Å². The molecule has 4 aromatic rings. The molecule has 0 spiro atoms. The van der Waals surface area contributed by atoms with Gasteiger partial charge in [-0.3, -0.25) is 9.69 Å². The zero-order valence-corrected chi connectivity index (χ0v) is 18.6. The lowest BCUT2D eigenvalue weighted by atomic mass is 10.1. The second-order valence-electron chi connectivity index (χ2n) is 7.26. The Morgan fingerprint density at radius 1 is 0.968 bits per heavy atom. The molecule has 0 bridgehead atoms. The molecule has 3 aromatic carbocycles. The van der Waals surface area contributed by atoms with E-state index in [2.05, 4.69) is 26.0 Å². The highest BCUT2D eigenvalue weighted by molar-refractivity contribution is 7.22.